The van der Waals surface area contributed by atoms with E-state index in [1.165, 1.54) is 64.7 Å². The number of unbranched alkanes of at least 4 members (excludes halogenated alkanes) is 1. The Kier molecular flexibility index (Phi) is 5.08. The third-order valence-electron chi connectivity index (χ3n) is 5.24. The van der Waals surface area contributed by atoms with E-state index >= 15 is 0 Å². The minimum Gasteiger partial charge on any atom is -0.314 e. The van der Waals surface area contributed by atoms with Crippen LogP contribution < -0.4 is 5.32 Å². The number of nitrogens with one attached hydrogen (secondary N) is 1. The molecule has 2 heteroatoms. The van der Waals surface area contributed by atoms with Gasteiger partial charge in [0, 0.05) is 31.7 Å². The first-order chi connectivity index (χ1) is 8.70. The Morgan fingerprint density at radius 1 is 1.33 bits per heavy atom. The molecular formula is C16H32N2. The monoisotopic (exact) mass is 252 g/mol. The van der Waals surface area contributed by atoms with Crippen molar-refractivity contribution in [1.82, 2.24) is 10.2 Å². The highest BCUT2D eigenvalue weighted by molar-refractivity contribution is 5.03. The summed E-state index contributed by atoms with van der Waals surface area (Å²) in [6.07, 6.45) is 8.45. The van der Waals surface area contributed by atoms with Crippen LogP contribution in [-0.4, -0.2) is 36.6 Å². The standard InChI is InChI=1S/C16H32N2/c1-4-6-7-14(5-2)12-18-11-10-17-13-16(18,3)15-8-9-15/h14-15,17H,4-13H2,1-3H3. The van der Waals surface area contributed by atoms with Crippen LogP contribution in [-0.2, 0) is 0 Å². The highest BCUT2D eigenvalue weighted by Gasteiger charge is 2.46. The van der Waals surface area contributed by atoms with Crippen molar-refractivity contribution in [3.05, 3.63) is 0 Å². The van der Waals surface area contributed by atoms with Gasteiger partial charge in [0.05, 0.1) is 0 Å². The summed E-state index contributed by atoms with van der Waals surface area (Å²) in [6, 6.07) is 0. The first-order valence-electron chi connectivity index (χ1n) is 8.16. The zero-order valence-corrected chi connectivity index (χ0v) is 12.7. The maximum absolute atomic E-state index is 3.62. The molecule has 2 aliphatic rings. The minimum atomic E-state index is 0.456. The van der Waals surface area contributed by atoms with E-state index in [-0.39, 0.29) is 0 Å². The van der Waals surface area contributed by atoms with Crippen LogP contribution in [0.25, 0.3) is 0 Å². The topological polar surface area (TPSA) is 15.3 Å². The van der Waals surface area contributed by atoms with Crippen molar-refractivity contribution in [2.24, 2.45) is 11.8 Å². The SMILES string of the molecule is CCCCC(CC)CN1CCNCC1(C)C1CC1. The average Bonchev–Trinajstić information content (AvgIpc) is 3.21. The Labute approximate surface area is 114 Å². The smallest absolute Gasteiger partial charge is 0.0334 e. The Balaban J connectivity index is 1.91. The molecule has 0 amide bonds. The second-order valence-electron chi connectivity index (χ2n) is 6.67. The average molecular weight is 252 g/mol. The summed E-state index contributed by atoms with van der Waals surface area (Å²) in [5.74, 6) is 1.88. The van der Waals surface area contributed by atoms with Crippen molar-refractivity contribution in [1.29, 1.82) is 0 Å². The molecule has 1 heterocycles. The lowest BCUT2D eigenvalue weighted by atomic mass is 9.88. The quantitative estimate of drug-likeness (QED) is 0.748. The van der Waals surface area contributed by atoms with Gasteiger partial charge in [-0.3, -0.25) is 4.90 Å². The number of nitrogens with zero attached hydrogens (tertiary/aromatic N) is 1. The Morgan fingerprint density at radius 3 is 2.72 bits per heavy atom. The molecule has 106 valence electrons. The van der Waals surface area contributed by atoms with E-state index < -0.39 is 0 Å². The zero-order chi connectivity index (χ0) is 13.0. The maximum Gasteiger partial charge on any atom is 0.0334 e. The molecule has 1 saturated heterocycles. The van der Waals surface area contributed by atoms with Crippen LogP contribution in [0.1, 0.15) is 59.3 Å². The molecule has 2 fully saturated rings. The van der Waals surface area contributed by atoms with Crippen LogP contribution in [0.5, 0.6) is 0 Å². The fraction of sp³-hybridized carbons (Fsp3) is 1.00. The van der Waals surface area contributed by atoms with Crippen molar-refractivity contribution in [2.45, 2.75) is 64.8 Å². The van der Waals surface area contributed by atoms with Crippen LogP contribution >= 0.6 is 0 Å². The van der Waals surface area contributed by atoms with Gasteiger partial charge in [-0.05, 0) is 38.0 Å². The molecule has 0 aromatic heterocycles. The Morgan fingerprint density at radius 2 is 2.11 bits per heavy atom. The first-order valence-corrected chi connectivity index (χ1v) is 8.16. The Hall–Kier alpha value is -0.0800. The fourth-order valence-electron chi connectivity index (χ4n) is 3.56. The molecule has 1 saturated carbocycles. The molecule has 2 atom stereocenters. The molecule has 1 aliphatic carbocycles. The second-order valence-corrected chi connectivity index (χ2v) is 6.67. The van der Waals surface area contributed by atoms with Gasteiger partial charge in [0.2, 0.25) is 0 Å². The molecule has 2 unspecified atom stereocenters. The molecule has 0 aromatic carbocycles. The van der Waals surface area contributed by atoms with Gasteiger partial charge in [0.25, 0.3) is 0 Å². The van der Waals surface area contributed by atoms with E-state index in [9.17, 15) is 0 Å². The molecule has 1 aliphatic heterocycles. The van der Waals surface area contributed by atoms with Crippen molar-refractivity contribution in [3.63, 3.8) is 0 Å². The van der Waals surface area contributed by atoms with Gasteiger partial charge in [0.1, 0.15) is 0 Å². The summed E-state index contributed by atoms with van der Waals surface area (Å²) in [6.45, 7) is 12.2. The Bertz CT molecular complexity index is 249. The summed E-state index contributed by atoms with van der Waals surface area (Å²) in [4.78, 5) is 2.82. The van der Waals surface area contributed by atoms with E-state index in [0.29, 0.717) is 5.54 Å². The van der Waals surface area contributed by atoms with Gasteiger partial charge in [-0.1, -0.05) is 33.1 Å². The minimum absolute atomic E-state index is 0.456. The van der Waals surface area contributed by atoms with Crippen molar-refractivity contribution in [3.8, 4) is 0 Å². The molecule has 0 radical (unpaired) electrons. The number of hydrogen-bond donors (Lipinski definition) is 1. The highest BCUT2D eigenvalue weighted by Crippen LogP contribution is 2.43. The molecule has 0 spiro atoms. The predicted molar refractivity (Wildman–Crippen MR) is 78.9 cm³/mol. The molecule has 18 heavy (non-hydrogen) atoms. The first kappa shape index (κ1) is 14.3. The van der Waals surface area contributed by atoms with E-state index in [1.807, 2.05) is 0 Å². The lowest BCUT2D eigenvalue weighted by Gasteiger charge is -2.47. The van der Waals surface area contributed by atoms with Crippen LogP contribution in [0, 0.1) is 11.8 Å². The third-order valence-corrected chi connectivity index (χ3v) is 5.24. The lowest BCUT2D eigenvalue weighted by molar-refractivity contribution is 0.0388. The highest BCUT2D eigenvalue weighted by atomic mass is 15.3. The normalized spacial score (nSPS) is 31.5. The summed E-state index contributed by atoms with van der Waals surface area (Å²) in [5, 5.41) is 3.62. The van der Waals surface area contributed by atoms with Gasteiger partial charge in [0.15, 0.2) is 0 Å². The largest absolute Gasteiger partial charge is 0.314 e. The van der Waals surface area contributed by atoms with Crippen LogP contribution in [0.15, 0.2) is 0 Å². The van der Waals surface area contributed by atoms with E-state index in [2.05, 4.69) is 31.0 Å². The van der Waals surface area contributed by atoms with E-state index in [1.54, 1.807) is 0 Å². The second kappa shape index (κ2) is 6.38. The number of rotatable bonds is 7. The van der Waals surface area contributed by atoms with Crippen molar-refractivity contribution >= 4 is 0 Å². The van der Waals surface area contributed by atoms with Crippen LogP contribution in [0.4, 0.5) is 0 Å². The lowest BCUT2D eigenvalue weighted by Crippen LogP contribution is -2.61. The van der Waals surface area contributed by atoms with Gasteiger partial charge >= 0.3 is 0 Å². The van der Waals surface area contributed by atoms with Crippen molar-refractivity contribution in [2.75, 3.05) is 26.2 Å². The molecule has 1 N–H and O–H groups in total. The van der Waals surface area contributed by atoms with Gasteiger partial charge < -0.3 is 5.32 Å². The zero-order valence-electron chi connectivity index (χ0n) is 12.7. The summed E-state index contributed by atoms with van der Waals surface area (Å²) in [7, 11) is 0. The van der Waals surface area contributed by atoms with Crippen LogP contribution in [0.3, 0.4) is 0 Å². The predicted octanol–water partition coefficient (Wildman–Crippen LogP) is 3.28. The molecule has 2 nitrogen and oxygen atoms in total. The third kappa shape index (κ3) is 3.27. The summed E-state index contributed by atoms with van der Waals surface area (Å²) >= 11 is 0. The molecule has 0 bridgehead atoms. The van der Waals surface area contributed by atoms with E-state index in [0.717, 1.165) is 11.8 Å². The number of hydrogen-bond acceptors (Lipinski definition) is 2. The fourth-order valence-corrected chi connectivity index (χ4v) is 3.56. The van der Waals surface area contributed by atoms with Gasteiger partial charge in [-0.25, -0.2) is 0 Å². The molecule has 2 rings (SSSR count). The molecular weight excluding hydrogens is 220 g/mol. The number of piperazine rings is 1. The van der Waals surface area contributed by atoms with Gasteiger partial charge in [-0.15, -0.1) is 0 Å². The van der Waals surface area contributed by atoms with E-state index in [4.69, 9.17) is 0 Å². The summed E-state index contributed by atoms with van der Waals surface area (Å²) < 4.78 is 0. The maximum atomic E-state index is 3.62. The van der Waals surface area contributed by atoms with Crippen LogP contribution in [0.2, 0.25) is 0 Å². The van der Waals surface area contributed by atoms with Gasteiger partial charge in [-0.2, -0.15) is 0 Å². The molecule has 0 aromatic rings. The summed E-state index contributed by atoms with van der Waals surface area (Å²) in [5.41, 5.74) is 0.456. The van der Waals surface area contributed by atoms with Crippen molar-refractivity contribution < 1.29 is 0 Å².